The van der Waals surface area contributed by atoms with E-state index in [9.17, 15) is 0 Å². The maximum absolute atomic E-state index is 8.98. The Hall–Kier alpha value is -1.04. The summed E-state index contributed by atoms with van der Waals surface area (Å²) in [7, 11) is 0. The first kappa shape index (κ1) is 13.4. The fraction of sp³-hybridized carbons (Fsp3) is 0.533. The monoisotopic (exact) mass is 262 g/mol. The fourth-order valence-electron chi connectivity index (χ4n) is 2.64. The van der Waals surface area contributed by atoms with Crippen LogP contribution in [0.1, 0.15) is 37.3 Å². The van der Waals surface area contributed by atoms with E-state index in [4.69, 9.17) is 16.9 Å². The first-order chi connectivity index (χ1) is 8.72. The smallest absolute Gasteiger partial charge is 0.101 e. The average Bonchev–Trinajstić information content (AvgIpc) is 2.41. The molecule has 3 heteroatoms. The van der Waals surface area contributed by atoms with E-state index in [1.807, 2.05) is 18.2 Å². The number of halogens is 1. The number of nitriles is 1. The molecule has 18 heavy (non-hydrogen) atoms. The lowest BCUT2D eigenvalue weighted by molar-refractivity contribution is 0.165. The summed E-state index contributed by atoms with van der Waals surface area (Å²) < 4.78 is 0. The Labute approximate surface area is 114 Å². The average molecular weight is 263 g/mol. The van der Waals surface area contributed by atoms with E-state index in [0.29, 0.717) is 10.6 Å². The summed E-state index contributed by atoms with van der Waals surface area (Å²) in [4.78, 5) is 2.49. The molecule has 0 radical (unpaired) electrons. The molecule has 1 fully saturated rings. The summed E-state index contributed by atoms with van der Waals surface area (Å²) in [5.41, 5.74) is 1.77. The number of hydrogen-bond acceptors (Lipinski definition) is 2. The number of benzene rings is 1. The van der Waals surface area contributed by atoms with E-state index in [0.717, 1.165) is 12.5 Å². The van der Waals surface area contributed by atoms with E-state index >= 15 is 0 Å². The van der Waals surface area contributed by atoms with Gasteiger partial charge in [0.2, 0.25) is 0 Å². The highest BCUT2D eigenvalue weighted by molar-refractivity contribution is 6.31. The molecule has 96 valence electrons. The minimum atomic E-state index is 0.548. The Morgan fingerprint density at radius 2 is 2.33 bits per heavy atom. The summed E-state index contributed by atoms with van der Waals surface area (Å²) >= 11 is 5.95. The Kier molecular flexibility index (Phi) is 4.63. The summed E-state index contributed by atoms with van der Waals surface area (Å²) in [5.74, 6) is 0.835. The van der Waals surface area contributed by atoms with Gasteiger partial charge in [0.05, 0.1) is 10.6 Å². The van der Waals surface area contributed by atoms with Gasteiger partial charge in [0.1, 0.15) is 6.07 Å². The quantitative estimate of drug-likeness (QED) is 0.828. The molecular formula is C15H19ClN2. The van der Waals surface area contributed by atoms with E-state index in [2.05, 4.69) is 17.9 Å². The SMILES string of the molecule is CCC1CCCN(Cc2ccc(Cl)c(C#N)c2)C1. The second kappa shape index (κ2) is 6.22. The highest BCUT2D eigenvalue weighted by Gasteiger charge is 2.18. The molecule has 0 N–H and O–H groups in total. The van der Waals surface area contributed by atoms with Gasteiger partial charge in [-0.2, -0.15) is 5.26 Å². The molecule has 0 spiro atoms. The number of piperidine rings is 1. The molecule has 2 nitrogen and oxygen atoms in total. The second-order valence-corrected chi connectivity index (χ2v) is 5.48. The Balaban J connectivity index is 2.03. The Bertz CT molecular complexity index is 450. The zero-order valence-electron chi connectivity index (χ0n) is 10.8. The first-order valence-electron chi connectivity index (χ1n) is 6.63. The molecule has 1 aliphatic rings. The van der Waals surface area contributed by atoms with Crippen molar-refractivity contribution in [2.24, 2.45) is 5.92 Å². The van der Waals surface area contributed by atoms with Crippen molar-refractivity contribution >= 4 is 11.6 Å². The lowest BCUT2D eigenvalue weighted by Crippen LogP contribution is -2.34. The molecule has 1 unspecified atom stereocenters. The van der Waals surface area contributed by atoms with Gasteiger partial charge in [-0.1, -0.05) is 31.0 Å². The van der Waals surface area contributed by atoms with Gasteiger partial charge in [-0.05, 0) is 43.0 Å². The van der Waals surface area contributed by atoms with Crippen molar-refractivity contribution in [3.05, 3.63) is 34.3 Å². The lowest BCUT2D eigenvalue weighted by atomic mass is 9.95. The first-order valence-corrected chi connectivity index (χ1v) is 7.01. The van der Waals surface area contributed by atoms with E-state index in [-0.39, 0.29) is 0 Å². The van der Waals surface area contributed by atoms with Crippen LogP contribution in [0.5, 0.6) is 0 Å². The number of rotatable bonds is 3. The third-order valence-electron chi connectivity index (χ3n) is 3.74. The summed E-state index contributed by atoms with van der Waals surface area (Å²) in [6, 6.07) is 7.91. The fourth-order valence-corrected chi connectivity index (χ4v) is 2.80. The zero-order chi connectivity index (χ0) is 13.0. The summed E-state index contributed by atoms with van der Waals surface area (Å²) in [6.45, 7) is 5.55. The van der Waals surface area contributed by atoms with Crippen LogP contribution in [-0.2, 0) is 6.54 Å². The summed E-state index contributed by atoms with van der Waals surface area (Å²) in [5, 5.41) is 9.53. The van der Waals surface area contributed by atoms with Gasteiger partial charge >= 0.3 is 0 Å². The number of likely N-dealkylation sites (tertiary alicyclic amines) is 1. The van der Waals surface area contributed by atoms with Gasteiger partial charge in [-0.25, -0.2) is 0 Å². The van der Waals surface area contributed by atoms with Crippen LogP contribution in [0.2, 0.25) is 5.02 Å². The molecule has 0 amide bonds. The maximum Gasteiger partial charge on any atom is 0.101 e. The molecule has 1 atom stereocenters. The van der Waals surface area contributed by atoms with Crippen LogP contribution in [0.25, 0.3) is 0 Å². The van der Waals surface area contributed by atoms with Crippen LogP contribution in [0.4, 0.5) is 0 Å². The van der Waals surface area contributed by atoms with Crippen LogP contribution >= 0.6 is 11.6 Å². The molecular weight excluding hydrogens is 244 g/mol. The van der Waals surface area contributed by atoms with Crippen LogP contribution in [0, 0.1) is 17.2 Å². The predicted molar refractivity (Wildman–Crippen MR) is 74.5 cm³/mol. The Morgan fingerprint density at radius 1 is 1.50 bits per heavy atom. The normalized spacial score (nSPS) is 20.6. The van der Waals surface area contributed by atoms with Crippen molar-refractivity contribution in [2.75, 3.05) is 13.1 Å². The largest absolute Gasteiger partial charge is 0.299 e. The molecule has 1 aromatic rings. The standard InChI is InChI=1S/C15H19ClN2/c1-2-12-4-3-7-18(10-12)11-13-5-6-15(16)14(8-13)9-17/h5-6,8,12H,2-4,7,10-11H2,1H3. The van der Waals surface area contributed by atoms with Crippen molar-refractivity contribution < 1.29 is 0 Å². The van der Waals surface area contributed by atoms with Crippen molar-refractivity contribution in [3.63, 3.8) is 0 Å². The van der Waals surface area contributed by atoms with Gasteiger partial charge < -0.3 is 0 Å². The van der Waals surface area contributed by atoms with Gasteiger partial charge in [-0.3, -0.25) is 4.90 Å². The van der Waals surface area contributed by atoms with Gasteiger partial charge in [0, 0.05) is 13.1 Å². The predicted octanol–water partition coefficient (Wildman–Crippen LogP) is 3.83. The number of hydrogen-bond donors (Lipinski definition) is 0. The molecule has 2 rings (SSSR count). The van der Waals surface area contributed by atoms with Gasteiger partial charge in [0.25, 0.3) is 0 Å². The van der Waals surface area contributed by atoms with Crippen LogP contribution in [0.3, 0.4) is 0 Å². The minimum absolute atomic E-state index is 0.548. The molecule has 0 aliphatic carbocycles. The topological polar surface area (TPSA) is 27.0 Å². The molecule has 1 aliphatic heterocycles. The third-order valence-corrected chi connectivity index (χ3v) is 4.07. The van der Waals surface area contributed by atoms with Crippen LogP contribution in [-0.4, -0.2) is 18.0 Å². The van der Waals surface area contributed by atoms with Crippen molar-refractivity contribution in [2.45, 2.75) is 32.7 Å². The Morgan fingerprint density at radius 3 is 3.06 bits per heavy atom. The second-order valence-electron chi connectivity index (χ2n) is 5.08. The maximum atomic E-state index is 8.98. The highest BCUT2D eigenvalue weighted by Crippen LogP contribution is 2.22. The van der Waals surface area contributed by atoms with E-state index in [1.165, 1.54) is 37.9 Å². The zero-order valence-corrected chi connectivity index (χ0v) is 11.6. The highest BCUT2D eigenvalue weighted by atomic mass is 35.5. The number of nitrogens with zero attached hydrogens (tertiary/aromatic N) is 2. The molecule has 1 heterocycles. The van der Waals surface area contributed by atoms with Gasteiger partial charge in [0.15, 0.2) is 0 Å². The van der Waals surface area contributed by atoms with Gasteiger partial charge in [-0.15, -0.1) is 0 Å². The van der Waals surface area contributed by atoms with Crippen molar-refractivity contribution in [3.8, 4) is 6.07 Å². The molecule has 0 aromatic heterocycles. The molecule has 1 aromatic carbocycles. The van der Waals surface area contributed by atoms with Crippen LogP contribution in [0.15, 0.2) is 18.2 Å². The van der Waals surface area contributed by atoms with Crippen molar-refractivity contribution in [1.82, 2.24) is 4.90 Å². The summed E-state index contributed by atoms with van der Waals surface area (Å²) in [6.07, 6.45) is 3.91. The molecule has 1 saturated heterocycles. The minimum Gasteiger partial charge on any atom is -0.299 e. The molecule has 0 saturated carbocycles. The van der Waals surface area contributed by atoms with Crippen molar-refractivity contribution in [1.29, 1.82) is 5.26 Å². The molecule has 0 bridgehead atoms. The van der Waals surface area contributed by atoms with E-state index in [1.54, 1.807) is 0 Å². The van der Waals surface area contributed by atoms with E-state index < -0.39 is 0 Å². The third kappa shape index (κ3) is 3.25. The van der Waals surface area contributed by atoms with Crippen LogP contribution < -0.4 is 0 Å². The lowest BCUT2D eigenvalue weighted by Gasteiger charge is -2.32.